The summed E-state index contributed by atoms with van der Waals surface area (Å²) in [6, 6.07) is 15.4. The van der Waals surface area contributed by atoms with E-state index < -0.39 is 11.8 Å². The first kappa shape index (κ1) is 18.1. The molecule has 1 N–H and O–H groups in total. The Hall–Kier alpha value is -3.25. The zero-order valence-electron chi connectivity index (χ0n) is 15.8. The number of rotatable bonds is 2. The minimum absolute atomic E-state index is 0.0644. The number of fused-ring (bicyclic) bond motifs is 1. The van der Waals surface area contributed by atoms with Crippen molar-refractivity contribution in [3.8, 4) is 0 Å². The summed E-state index contributed by atoms with van der Waals surface area (Å²) in [5, 5.41) is 3.73. The maximum absolute atomic E-state index is 13.2. The molecule has 1 aromatic heterocycles. The van der Waals surface area contributed by atoms with Crippen LogP contribution in [-0.4, -0.2) is 21.5 Å². The molecular weight excluding hydrogens is 370 g/mol. The van der Waals surface area contributed by atoms with Gasteiger partial charge in [-0.05, 0) is 55.9 Å². The highest BCUT2D eigenvalue weighted by Crippen LogP contribution is 2.29. The largest absolute Gasteiger partial charge is 0.347 e. The van der Waals surface area contributed by atoms with Crippen LogP contribution < -0.4 is 10.2 Å². The average Bonchev–Trinajstić information content (AvgIpc) is 2.90. The van der Waals surface area contributed by atoms with E-state index >= 15 is 0 Å². The fourth-order valence-corrected chi connectivity index (χ4v) is 3.82. The Balaban J connectivity index is 1.86. The predicted molar refractivity (Wildman–Crippen MR) is 115 cm³/mol. The van der Waals surface area contributed by atoms with Crippen molar-refractivity contribution in [1.29, 1.82) is 0 Å². The highest BCUT2D eigenvalue weighted by atomic mass is 32.1. The standard InChI is InChI=1S/C22H19N3O2S/c1-13-7-6-8-15(11-13)25-21(27)18(20(26)23-22(25)28)12-17-14(2)24(3)19-10-5-4-9-16(17)19/h4-12H,1-3H3,(H,23,26,28)/b18-12+. The molecule has 0 aliphatic carbocycles. The first-order valence-electron chi connectivity index (χ1n) is 8.90. The molecule has 0 spiro atoms. The summed E-state index contributed by atoms with van der Waals surface area (Å²) in [6.07, 6.45) is 1.67. The summed E-state index contributed by atoms with van der Waals surface area (Å²) in [4.78, 5) is 27.2. The summed E-state index contributed by atoms with van der Waals surface area (Å²) in [5.41, 5.74) is 4.57. The second-order valence-electron chi connectivity index (χ2n) is 6.87. The Morgan fingerprint density at radius 1 is 1.04 bits per heavy atom. The Labute approximate surface area is 168 Å². The summed E-state index contributed by atoms with van der Waals surface area (Å²) in [7, 11) is 1.97. The zero-order valence-corrected chi connectivity index (χ0v) is 16.6. The third kappa shape index (κ3) is 2.82. The van der Waals surface area contributed by atoms with Crippen LogP contribution in [0.4, 0.5) is 5.69 Å². The first-order valence-corrected chi connectivity index (χ1v) is 9.31. The fourth-order valence-electron chi connectivity index (χ4n) is 3.54. The number of anilines is 1. The molecule has 140 valence electrons. The van der Waals surface area contributed by atoms with Crippen LogP contribution in [-0.2, 0) is 16.6 Å². The van der Waals surface area contributed by atoms with Gasteiger partial charge in [-0.2, -0.15) is 0 Å². The van der Waals surface area contributed by atoms with E-state index in [1.165, 1.54) is 4.90 Å². The molecule has 6 heteroatoms. The van der Waals surface area contributed by atoms with E-state index in [9.17, 15) is 9.59 Å². The zero-order chi connectivity index (χ0) is 20.0. The molecule has 2 aromatic carbocycles. The number of amides is 2. The van der Waals surface area contributed by atoms with Crippen molar-refractivity contribution in [2.75, 3.05) is 4.90 Å². The number of aryl methyl sites for hydroxylation is 2. The molecule has 1 fully saturated rings. The van der Waals surface area contributed by atoms with Gasteiger partial charge in [0.05, 0.1) is 5.69 Å². The molecule has 0 unspecified atom stereocenters. The van der Waals surface area contributed by atoms with Gasteiger partial charge in [-0.25, -0.2) is 0 Å². The molecule has 3 aromatic rings. The van der Waals surface area contributed by atoms with Gasteiger partial charge in [0.15, 0.2) is 5.11 Å². The maximum Gasteiger partial charge on any atom is 0.270 e. The van der Waals surface area contributed by atoms with Crippen molar-refractivity contribution in [3.05, 3.63) is 70.9 Å². The number of nitrogens with one attached hydrogen (secondary N) is 1. The number of hydrogen-bond donors (Lipinski definition) is 1. The lowest BCUT2D eigenvalue weighted by atomic mass is 10.0. The van der Waals surface area contributed by atoms with Gasteiger partial charge in [-0.1, -0.05) is 30.3 Å². The molecular formula is C22H19N3O2S. The molecule has 28 heavy (non-hydrogen) atoms. The normalized spacial score (nSPS) is 16.2. The van der Waals surface area contributed by atoms with Crippen molar-refractivity contribution in [2.45, 2.75) is 13.8 Å². The van der Waals surface area contributed by atoms with Crippen molar-refractivity contribution < 1.29 is 9.59 Å². The van der Waals surface area contributed by atoms with Crippen molar-refractivity contribution >= 4 is 51.8 Å². The Bertz CT molecular complexity index is 1190. The van der Waals surface area contributed by atoms with Crippen LogP contribution in [0.5, 0.6) is 0 Å². The Kier molecular flexibility index (Phi) is 4.35. The lowest BCUT2D eigenvalue weighted by Crippen LogP contribution is -2.54. The van der Waals surface area contributed by atoms with E-state index in [-0.39, 0.29) is 10.7 Å². The fraction of sp³-hybridized carbons (Fsp3) is 0.136. The predicted octanol–water partition coefficient (Wildman–Crippen LogP) is 3.63. The highest BCUT2D eigenvalue weighted by Gasteiger charge is 2.34. The van der Waals surface area contributed by atoms with Crippen LogP contribution in [0.2, 0.25) is 0 Å². The van der Waals surface area contributed by atoms with Crippen LogP contribution in [0.15, 0.2) is 54.1 Å². The number of thiocarbonyl (C=S) groups is 1. The van der Waals surface area contributed by atoms with Gasteiger partial charge < -0.3 is 4.57 Å². The van der Waals surface area contributed by atoms with Gasteiger partial charge in [-0.3, -0.25) is 19.8 Å². The number of carbonyl (C=O) groups excluding carboxylic acids is 2. The van der Waals surface area contributed by atoms with Crippen molar-refractivity contribution in [1.82, 2.24) is 9.88 Å². The van der Waals surface area contributed by atoms with Gasteiger partial charge in [-0.15, -0.1) is 0 Å². The number of nitrogens with zero attached hydrogens (tertiary/aromatic N) is 2. The van der Waals surface area contributed by atoms with Crippen LogP contribution in [0, 0.1) is 13.8 Å². The van der Waals surface area contributed by atoms with E-state index in [0.29, 0.717) is 5.69 Å². The van der Waals surface area contributed by atoms with Gasteiger partial charge in [0.25, 0.3) is 11.8 Å². The average molecular weight is 389 g/mol. The molecule has 0 atom stereocenters. The molecule has 0 radical (unpaired) electrons. The number of aromatic nitrogens is 1. The smallest absolute Gasteiger partial charge is 0.270 e. The summed E-state index contributed by atoms with van der Waals surface area (Å²) < 4.78 is 2.05. The number of carbonyl (C=O) groups is 2. The number of benzene rings is 2. The first-order chi connectivity index (χ1) is 13.4. The second kappa shape index (κ2) is 6.73. The minimum Gasteiger partial charge on any atom is -0.347 e. The summed E-state index contributed by atoms with van der Waals surface area (Å²) in [5.74, 6) is -0.905. The molecule has 1 aliphatic heterocycles. The molecule has 0 saturated carbocycles. The third-order valence-electron chi connectivity index (χ3n) is 5.10. The van der Waals surface area contributed by atoms with E-state index in [1.807, 2.05) is 63.4 Å². The molecule has 2 heterocycles. The van der Waals surface area contributed by atoms with Crippen LogP contribution >= 0.6 is 12.2 Å². The van der Waals surface area contributed by atoms with E-state index in [1.54, 1.807) is 12.1 Å². The van der Waals surface area contributed by atoms with E-state index in [2.05, 4.69) is 9.88 Å². The summed E-state index contributed by atoms with van der Waals surface area (Å²) in [6.45, 7) is 3.91. The van der Waals surface area contributed by atoms with Crippen LogP contribution in [0.25, 0.3) is 17.0 Å². The third-order valence-corrected chi connectivity index (χ3v) is 5.38. The highest BCUT2D eigenvalue weighted by molar-refractivity contribution is 7.80. The van der Waals surface area contributed by atoms with Gasteiger partial charge in [0.1, 0.15) is 5.57 Å². The quantitative estimate of drug-likeness (QED) is 0.414. The minimum atomic E-state index is -0.480. The molecule has 1 aliphatic rings. The second-order valence-corrected chi connectivity index (χ2v) is 7.26. The van der Waals surface area contributed by atoms with Gasteiger partial charge >= 0.3 is 0 Å². The number of para-hydroxylation sites is 1. The summed E-state index contributed by atoms with van der Waals surface area (Å²) >= 11 is 5.27. The lowest BCUT2D eigenvalue weighted by Gasteiger charge is -2.29. The van der Waals surface area contributed by atoms with Crippen molar-refractivity contribution in [2.24, 2.45) is 7.05 Å². The van der Waals surface area contributed by atoms with E-state index in [4.69, 9.17) is 12.2 Å². The lowest BCUT2D eigenvalue weighted by molar-refractivity contribution is -0.122. The van der Waals surface area contributed by atoms with Crippen LogP contribution in [0.1, 0.15) is 16.8 Å². The Morgan fingerprint density at radius 2 is 1.79 bits per heavy atom. The molecule has 1 saturated heterocycles. The van der Waals surface area contributed by atoms with Gasteiger partial charge in [0.2, 0.25) is 0 Å². The topological polar surface area (TPSA) is 54.3 Å². The van der Waals surface area contributed by atoms with Crippen LogP contribution in [0.3, 0.4) is 0 Å². The Morgan fingerprint density at radius 3 is 2.54 bits per heavy atom. The van der Waals surface area contributed by atoms with E-state index in [0.717, 1.165) is 27.7 Å². The maximum atomic E-state index is 13.2. The monoisotopic (exact) mass is 389 g/mol. The SMILES string of the molecule is Cc1cccc(N2C(=O)/C(=C/c3c(C)n(C)c4ccccc34)C(=O)NC2=S)c1. The molecule has 5 nitrogen and oxygen atoms in total. The number of hydrogen-bond acceptors (Lipinski definition) is 3. The molecule has 0 bridgehead atoms. The van der Waals surface area contributed by atoms with Gasteiger partial charge in [0, 0.05) is 29.2 Å². The molecule has 4 rings (SSSR count). The van der Waals surface area contributed by atoms with Crippen molar-refractivity contribution in [3.63, 3.8) is 0 Å². The molecule has 2 amide bonds.